The molecule has 2 N–H and O–H groups in total. The van der Waals surface area contributed by atoms with Crippen molar-refractivity contribution in [3.8, 4) is 0 Å². The Morgan fingerprint density at radius 3 is 2.41 bits per heavy atom. The van der Waals surface area contributed by atoms with Gasteiger partial charge in [0.15, 0.2) is 0 Å². The fourth-order valence-electron chi connectivity index (χ4n) is 3.64. The Morgan fingerprint density at radius 2 is 1.77 bits per heavy atom. The largest absolute Gasteiger partial charge is 0.326 e. The molecule has 0 unspecified atom stereocenters. The summed E-state index contributed by atoms with van der Waals surface area (Å²) in [6.07, 6.45) is 6.58. The van der Waals surface area contributed by atoms with Crippen LogP contribution in [0.15, 0.2) is 12.1 Å². The maximum Gasteiger partial charge on any atom is 0.113 e. The van der Waals surface area contributed by atoms with Crippen LogP contribution in [0.25, 0.3) is 11.0 Å². The Morgan fingerprint density at radius 1 is 1.14 bits per heavy atom. The molecule has 1 aromatic carbocycles. The van der Waals surface area contributed by atoms with E-state index in [4.69, 9.17) is 10.7 Å². The highest BCUT2D eigenvalue weighted by molar-refractivity contribution is 5.78. The van der Waals surface area contributed by atoms with Crippen LogP contribution in [-0.4, -0.2) is 15.1 Å². The predicted molar refractivity (Wildman–Crippen MR) is 93.3 cm³/mol. The molecule has 0 aliphatic heterocycles. The minimum absolute atomic E-state index is 0.226. The molecule has 3 nitrogen and oxygen atoms in total. The van der Waals surface area contributed by atoms with E-state index in [9.17, 15) is 0 Å². The number of benzene rings is 1. The molecule has 1 heterocycles. The molecular weight excluding hydrogens is 270 g/mol. The fraction of sp³-hybridized carbons (Fsp3) is 0.632. The monoisotopic (exact) mass is 299 g/mol. The van der Waals surface area contributed by atoms with Crippen LogP contribution < -0.4 is 5.73 Å². The zero-order valence-corrected chi connectivity index (χ0v) is 14.4. The molecule has 2 aromatic rings. The van der Waals surface area contributed by atoms with Crippen LogP contribution in [0.5, 0.6) is 0 Å². The maximum absolute atomic E-state index is 6.34. The highest BCUT2D eigenvalue weighted by Crippen LogP contribution is 2.35. The summed E-state index contributed by atoms with van der Waals surface area (Å²) in [5.74, 6) is 1.86. The topological polar surface area (TPSA) is 43.8 Å². The van der Waals surface area contributed by atoms with Gasteiger partial charge in [-0.3, -0.25) is 0 Å². The third-order valence-electron chi connectivity index (χ3n) is 4.93. The number of nitrogens with zero attached hydrogens (tertiary/aromatic N) is 2. The first-order valence-electron chi connectivity index (χ1n) is 8.61. The van der Waals surface area contributed by atoms with Crippen molar-refractivity contribution in [1.29, 1.82) is 0 Å². The summed E-state index contributed by atoms with van der Waals surface area (Å²) in [5, 5.41) is 0. The number of hydrogen-bond acceptors (Lipinski definition) is 2. The lowest BCUT2D eigenvalue weighted by atomic mass is 9.88. The van der Waals surface area contributed by atoms with Gasteiger partial charge in [-0.1, -0.05) is 19.3 Å². The second kappa shape index (κ2) is 5.69. The summed E-state index contributed by atoms with van der Waals surface area (Å²) in [6.45, 7) is 9.38. The lowest BCUT2D eigenvalue weighted by molar-refractivity contribution is 0.386. The Hall–Kier alpha value is -1.35. The SMILES string of the molecule is Cc1cc2nc(C3CCCCC3)n(CC(C)(C)N)c2cc1C. The van der Waals surface area contributed by atoms with E-state index >= 15 is 0 Å². The van der Waals surface area contributed by atoms with Crippen molar-refractivity contribution in [2.45, 2.75) is 77.8 Å². The number of nitrogens with two attached hydrogens (primary N) is 1. The van der Waals surface area contributed by atoms with Gasteiger partial charge in [0.2, 0.25) is 0 Å². The highest BCUT2D eigenvalue weighted by atomic mass is 15.1. The van der Waals surface area contributed by atoms with E-state index in [1.165, 1.54) is 54.6 Å². The molecule has 1 aliphatic carbocycles. The smallest absolute Gasteiger partial charge is 0.113 e. The molecule has 0 amide bonds. The molecule has 1 fully saturated rings. The van der Waals surface area contributed by atoms with Gasteiger partial charge in [0.25, 0.3) is 0 Å². The van der Waals surface area contributed by atoms with Gasteiger partial charge in [0.05, 0.1) is 11.0 Å². The Balaban J connectivity index is 2.14. The van der Waals surface area contributed by atoms with Crippen molar-refractivity contribution in [2.75, 3.05) is 0 Å². The number of aromatic nitrogens is 2. The quantitative estimate of drug-likeness (QED) is 0.910. The lowest BCUT2D eigenvalue weighted by Gasteiger charge is -2.26. The molecule has 0 radical (unpaired) electrons. The molecule has 0 atom stereocenters. The van der Waals surface area contributed by atoms with Gasteiger partial charge in [-0.2, -0.15) is 0 Å². The minimum atomic E-state index is -0.226. The third-order valence-corrected chi connectivity index (χ3v) is 4.93. The van der Waals surface area contributed by atoms with Crippen LogP contribution in [0.1, 0.15) is 68.8 Å². The van der Waals surface area contributed by atoms with Crippen molar-refractivity contribution in [3.05, 3.63) is 29.1 Å². The van der Waals surface area contributed by atoms with Crippen LogP contribution in [0.3, 0.4) is 0 Å². The van der Waals surface area contributed by atoms with Gasteiger partial charge >= 0.3 is 0 Å². The summed E-state index contributed by atoms with van der Waals surface area (Å²) in [4.78, 5) is 5.03. The van der Waals surface area contributed by atoms with E-state index in [1.807, 2.05) is 0 Å². The van der Waals surface area contributed by atoms with Crippen LogP contribution in [0.4, 0.5) is 0 Å². The second-order valence-electron chi connectivity index (χ2n) is 7.80. The number of aryl methyl sites for hydroxylation is 2. The average Bonchev–Trinajstić information content (AvgIpc) is 2.77. The lowest BCUT2D eigenvalue weighted by Crippen LogP contribution is -2.37. The summed E-state index contributed by atoms with van der Waals surface area (Å²) in [7, 11) is 0. The van der Waals surface area contributed by atoms with Crippen LogP contribution in [0.2, 0.25) is 0 Å². The Bertz CT molecular complexity index is 670. The molecule has 1 saturated carbocycles. The van der Waals surface area contributed by atoms with E-state index in [1.54, 1.807) is 0 Å². The number of imidazole rings is 1. The average molecular weight is 299 g/mol. The van der Waals surface area contributed by atoms with Gasteiger partial charge < -0.3 is 10.3 Å². The van der Waals surface area contributed by atoms with Gasteiger partial charge in [0, 0.05) is 18.0 Å². The van der Waals surface area contributed by atoms with Crippen LogP contribution in [0, 0.1) is 13.8 Å². The molecular formula is C19H29N3. The molecule has 0 saturated heterocycles. The first kappa shape index (κ1) is 15.5. The van der Waals surface area contributed by atoms with E-state index in [-0.39, 0.29) is 5.54 Å². The molecule has 1 aliphatic rings. The van der Waals surface area contributed by atoms with Crippen molar-refractivity contribution in [3.63, 3.8) is 0 Å². The van der Waals surface area contributed by atoms with Crippen LogP contribution >= 0.6 is 0 Å². The molecule has 0 bridgehead atoms. The van der Waals surface area contributed by atoms with Gasteiger partial charge in [-0.25, -0.2) is 4.98 Å². The molecule has 1 aromatic heterocycles. The molecule has 120 valence electrons. The third kappa shape index (κ3) is 3.05. The summed E-state index contributed by atoms with van der Waals surface area (Å²) < 4.78 is 2.40. The number of fused-ring (bicyclic) bond motifs is 1. The molecule has 3 heteroatoms. The van der Waals surface area contributed by atoms with Crippen LogP contribution in [-0.2, 0) is 6.54 Å². The highest BCUT2D eigenvalue weighted by Gasteiger charge is 2.25. The number of rotatable bonds is 3. The minimum Gasteiger partial charge on any atom is -0.326 e. The second-order valence-corrected chi connectivity index (χ2v) is 7.80. The van der Waals surface area contributed by atoms with Gasteiger partial charge in [-0.05, 0) is 63.8 Å². The first-order valence-corrected chi connectivity index (χ1v) is 8.61. The zero-order chi connectivity index (χ0) is 15.9. The predicted octanol–water partition coefficient (Wildman–Crippen LogP) is 4.44. The molecule has 22 heavy (non-hydrogen) atoms. The van der Waals surface area contributed by atoms with Gasteiger partial charge in [-0.15, -0.1) is 0 Å². The first-order chi connectivity index (χ1) is 10.3. The standard InChI is InChI=1S/C19H29N3/c1-13-10-16-17(11-14(13)2)22(12-19(3,4)20)18(21-16)15-8-6-5-7-9-15/h10-11,15H,5-9,12,20H2,1-4H3. The summed E-state index contributed by atoms with van der Waals surface area (Å²) in [6, 6.07) is 4.52. The van der Waals surface area contributed by atoms with Crippen molar-refractivity contribution < 1.29 is 0 Å². The fourth-order valence-corrected chi connectivity index (χ4v) is 3.64. The molecule has 3 rings (SSSR count). The Labute approximate surface area is 133 Å². The Kier molecular flexibility index (Phi) is 4.02. The van der Waals surface area contributed by atoms with E-state index in [0.29, 0.717) is 5.92 Å². The van der Waals surface area contributed by atoms with Gasteiger partial charge in [0.1, 0.15) is 5.82 Å². The van der Waals surface area contributed by atoms with Crippen molar-refractivity contribution >= 4 is 11.0 Å². The number of hydrogen-bond donors (Lipinski definition) is 1. The van der Waals surface area contributed by atoms with E-state index in [2.05, 4.69) is 44.4 Å². The molecule has 0 spiro atoms. The summed E-state index contributed by atoms with van der Waals surface area (Å²) in [5.41, 5.74) is 11.1. The van der Waals surface area contributed by atoms with E-state index < -0.39 is 0 Å². The summed E-state index contributed by atoms with van der Waals surface area (Å²) >= 11 is 0. The van der Waals surface area contributed by atoms with Crippen molar-refractivity contribution in [2.24, 2.45) is 5.73 Å². The zero-order valence-electron chi connectivity index (χ0n) is 14.4. The van der Waals surface area contributed by atoms with Crippen molar-refractivity contribution in [1.82, 2.24) is 9.55 Å². The van der Waals surface area contributed by atoms with E-state index in [0.717, 1.165) is 12.1 Å². The normalized spacial score (nSPS) is 17.3. The maximum atomic E-state index is 6.34.